The molecule has 2 heterocycles. The van der Waals surface area contributed by atoms with Crippen molar-refractivity contribution in [1.29, 1.82) is 0 Å². The van der Waals surface area contributed by atoms with Crippen LogP contribution in [0.4, 0.5) is 0 Å². The summed E-state index contributed by atoms with van der Waals surface area (Å²) in [6, 6.07) is 18.7. The van der Waals surface area contributed by atoms with Crippen LogP contribution in [-0.4, -0.2) is 12.2 Å². The zero-order valence-corrected chi connectivity index (χ0v) is 18.3. The molecule has 3 aromatic rings. The van der Waals surface area contributed by atoms with Gasteiger partial charge in [-0.1, -0.05) is 88.4 Å². The molecule has 5 aliphatic rings. The molecule has 0 unspecified atom stereocenters. The van der Waals surface area contributed by atoms with Crippen molar-refractivity contribution in [3.05, 3.63) is 94.1 Å². The minimum absolute atomic E-state index is 0.00305. The molecule has 2 aliphatic heterocycles. The van der Waals surface area contributed by atoms with Crippen molar-refractivity contribution in [3.63, 3.8) is 0 Å². The Labute approximate surface area is 183 Å². The zero-order chi connectivity index (χ0) is 20.9. The number of benzene rings is 3. The van der Waals surface area contributed by atoms with Crippen molar-refractivity contribution in [1.82, 2.24) is 0 Å². The zero-order valence-electron chi connectivity index (χ0n) is 18.3. The van der Waals surface area contributed by atoms with Crippen LogP contribution in [0, 0.1) is 0 Å². The fourth-order valence-corrected chi connectivity index (χ4v) is 7.27. The molecule has 1 heteroatoms. The topological polar surface area (TPSA) is 9.23 Å². The first-order chi connectivity index (χ1) is 14.9. The van der Waals surface area contributed by atoms with Gasteiger partial charge in [0.2, 0.25) is 0 Å². The molecule has 31 heavy (non-hydrogen) atoms. The molecule has 3 aromatic carbocycles. The van der Waals surface area contributed by atoms with Gasteiger partial charge in [-0.3, -0.25) is 0 Å². The van der Waals surface area contributed by atoms with Gasteiger partial charge in [-0.2, -0.15) is 0 Å². The molecule has 0 saturated carbocycles. The summed E-state index contributed by atoms with van der Waals surface area (Å²) in [5.74, 6) is 0. The van der Waals surface area contributed by atoms with Gasteiger partial charge in [-0.15, -0.1) is 0 Å². The molecular weight excluding hydrogens is 376 g/mol. The average molecular weight is 401 g/mol. The Kier molecular flexibility index (Phi) is 2.59. The van der Waals surface area contributed by atoms with Gasteiger partial charge in [0, 0.05) is 10.8 Å². The van der Waals surface area contributed by atoms with Crippen molar-refractivity contribution in [2.24, 2.45) is 0 Å². The molecule has 8 rings (SSSR count). The first-order valence-electron chi connectivity index (χ1n) is 11.4. The normalized spacial score (nSPS) is 25.5. The van der Waals surface area contributed by atoms with E-state index in [1.807, 2.05) is 0 Å². The number of hydrogen-bond donors (Lipinski definition) is 0. The van der Waals surface area contributed by atoms with E-state index in [9.17, 15) is 0 Å². The third-order valence-corrected chi connectivity index (χ3v) is 8.72. The summed E-state index contributed by atoms with van der Waals surface area (Å²) in [4.78, 5) is 0. The molecule has 3 aliphatic carbocycles. The van der Waals surface area contributed by atoms with Gasteiger partial charge in [-0.25, -0.2) is 0 Å². The van der Waals surface area contributed by atoms with E-state index in [-0.39, 0.29) is 23.0 Å². The molecule has 0 N–H and O–H groups in total. The monoisotopic (exact) mass is 400 g/mol. The highest BCUT2D eigenvalue weighted by molar-refractivity contribution is 6.13. The fourth-order valence-electron chi connectivity index (χ4n) is 7.27. The lowest BCUT2D eigenvalue weighted by Gasteiger charge is -2.24. The summed E-state index contributed by atoms with van der Waals surface area (Å²) in [6.45, 7) is 9.58. The predicted octanol–water partition coefficient (Wildman–Crippen LogP) is 6.86. The quantitative estimate of drug-likeness (QED) is 0.375. The summed E-state index contributed by atoms with van der Waals surface area (Å²) in [5.41, 5.74) is 17.2. The first-order valence-corrected chi connectivity index (χ1v) is 11.4. The van der Waals surface area contributed by atoms with E-state index in [1.54, 1.807) is 0 Å². The summed E-state index contributed by atoms with van der Waals surface area (Å²) in [6.07, 6.45) is 4.65. The minimum atomic E-state index is -0.00305. The van der Waals surface area contributed by atoms with Crippen LogP contribution in [0.5, 0.6) is 0 Å². The van der Waals surface area contributed by atoms with Crippen LogP contribution in [0.15, 0.2) is 60.7 Å². The molecule has 0 spiro atoms. The third kappa shape index (κ3) is 1.61. The van der Waals surface area contributed by atoms with Gasteiger partial charge in [0.15, 0.2) is 0 Å². The van der Waals surface area contributed by atoms with Crippen LogP contribution in [0.3, 0.4) is 0 Å². The third-order valence-electron chi connectivity index (χ3n) is 8.72. The second-order valence-electron chi connectivity index (χ2n) is 10.8. The minimum Gasteiger partial charge on any atom is -0.357 e. The Balaban J connectivity index is 1.68. The molecule has 2 bridgehead atoms. The maximum atomic E-state index is 6.48. The van der Waals surface area contributed by atoms with Crippen molar-refractivity contribution >= 4 is 11.1 Å². The summed E-state index contributed by atoms with van der Waals surface area (Å²) in [5, 5.41) is 0. The molecule has 2 atom stereocenters. The molecular formula is C30H24O. The van der Waals surface area contributed by atoms with Crippen LogP contribution in [0.25, 0.3) is 33.4 Å². The van der Waals surface area contributed by atoms with Crippen molar-refractivity contribution in [3.8, 4) is 22.3 Å². The van der Waals surface area contributed by atoms with E-state index in [2.05, 4.69) is 88.4 Å². The van der Waals surface area contributed by atoms with Gasteiger partial charge in [-0.05, 0) is 66.8 Å². The number of fused-ring (bicyclic) bond motifs is 6. The van der Waals surface area contributed by atoms with Crippen LogP contribution in [0.2, 0.25) is 0 Å². The highest BCUT2D eigenvalue weighted by Crippen LogP contribution is 2.64. The standard InChI is InChI=1S/C30H24O/c1-29(2)17-9-5-7-15-23(17)27-19(29)11-12-20-28(27)24-16(8-6-10-18(24)30(20,3)4)26-22-14-13-21(31-22)25(15)26/h5-14,21-22H,1-4H3/t21-,22+. The lowest BCUT2D eigenvalue weighted by molar-refractivity contribution is 0.143. The molecule has 1 nitrogen and oxygen atoms in total. The maximum Gasteiger partial charge on any atom is 0.103 e. The van der Waals surface area contributed by atoms with Gasteiger partial charge >= 0.3 is 0 Å². The maximum absolute atomic E-state index is 6.48. The molecule has 0 fully saturated rings. The Morgan fingerprint density at radius 3 is 1.42 bits per heavy atom. The van der Waals surface area contributed by atoms with E-state index in [4.69, 9.17) is 4.74 Å². The van der Waals surface area contributed by atoms with Gasteiger partial charge in [0.1, 0.15) is 12.2 Å². The number of hydrogen-bond acceptors (Lipinski definition) is 1. The second kappa shape index (κ2) is 4.79. The lowest BCUT2D eigenvalue weighted by atomic mass is 9.78. The van der Waals surface area contributed by atoms with Gasteiger partial charge in [0.05, 0.1) is 0 Å². The lowest BCUT2D eigenvalue weighted by Crippen LogP contribution is -2.17. The largest absolute Gasteiger partial charge is 0.357 e. The van der Waals surface area contributed by atoms with E-state index >= 15 is 0 Å². The van der Waals surface area contributed by atoms with Crippen molar-refractivity contribution < 1.29 is 4.74 Å². The summed E-state index contributed by atoms with van der Waals surface area (Å²) >= 11 is 0. The number of rotatable bonds is 0. The summed E-state index contributed by atoms with van der Waals surface area (Å²) < 4.78 is 6.48. The summed E-state index contributed by atoms with van der Waals surface area (Å²) in [7, 11) is 0. The predicted molar refractivity (Wildman–Crippen MR) is 126 cm³/mol. The van der Waals surface area contributed by atoms with E-state index in [0.29, 0.717) is 0 Å². The second-order valence-corrected chi connectivity index (χ2v) is 10.8. The SMILES string of the molecule is CC1(C)c2cccc3c2-c2c1ccc1c2-c2c(cccc2C1(C)C)C1=C3[C@@H]2C=C[C@H]1O2. The van der Waals surface area contributed by atoms with E-state index in [1.165, 1.54) is 66.8 Å². The Morgan fingerprint density at radius 2 is 0.968 bits per heavy atom. The Bertz CT molecular complexity index is 1350. The average Bonchev–Trinajstić information content (AvgIpc) is 3.47. The van der Waals surface area contributed by atoms with Crippen LogP contribution in [-0.2, 0) is 15.6 Å². The highest BCUT2D eigenvalue weighted by atomic mass is 16.5. The highest BCUT2D eigenvalue weighted by Gasteiger charge is 2.49. The van der Waals surface area contributed by atoms with Gasteiger partial charge < -0.3 is 4.74 Å². The van der Waals surface area contributed by atoms with Crippen LogP contribution >= 0.6 is 0 Å². The molecule has 0 aromatic heterocycles. The van der Waals surface area contributed by atoms with Crippen LogP contribution < -0.4 is 0 Å². The fraction of sp³-hybridized carbons (Fsp3) is 0.267. The first kappa shape index (κ1) is 16.8. The Hall–Kier alpha value is -2.90. The molecule has 0 radical (unpaired) electrons. The molecule has 0 saturated heterocycles. The smallest absolute Gasteiger partial charge is 0.103 e. The van der Waals surface area contributed by atoms with E-state index < -0.39 is 0 Å². The Morgan fingerprint density at radius 1 is 0.548 bits per heavy atom. The molecule has 150 valence electrons. The van der Waals surface area contributed by atoms with Crippen molar-refractivity contribution in [2.45, 2.75) is 50.7 Å². The van der Waals surface area contributed by atoms with Gasteiger partial charge in [0.25, 0.3) is 0 Å². The number of ether oxygens (including phenoxy) is 1. The van der Waals surface area contributed by atoms with Crippen molar-refractivity contribution in [2.75, 3.05) is 0 Å². The van der Waals surface area contributed by atoms with E-state index in [0.717, 1.165) is 0 Å². The van der Waals surface area contributed by atoms with Crippen LogP contribution in [0.1, 0.15) is 61.1 Å². The molecule has 0 amide bonds.